The Hall–Kier alpha value is -3.65. The van der Waals surface area contributed by atoms with Gasteiger partial charge in [0.1, 0.15) is 5.75 Å². The molecule has 1 aromatic heterocycles. The molecular formula is C29H31N3O4S. The second-order valence-corrected chi connectivity index (χ2v) is 10.6. The van der Waals surface area contributed by atoms with Crippen LogP contribution in [0.3, 0.4) is 0 Å². The van der Waals surface area contributed by atoms with Crippen LogP contribution in [0.1, 0.15) is 50.8 Å². The highest BCUT2D eigenvalue weighted by molar-refractivity contribution is 7.07. The molecule has 0 aliphatic carbocycles. The number of allylic oxidation sites excluding steroid dienone is 1. The van der Waals surface area contributed by atoms with Crippen LogP contribution in [0.2, 0.25) is 0 Å². The monoisotopic (exact) mass is 517 g/mol. The number of hydrogen-bond acceptors (Lipinski definition) is 7. The molecular weight excluding hydrogens is 486 g/mol. The number of hydrogen-bond donors (Lipinski definition) is 0. The minimum atomic E-state index is -0.645. The van der Waals surface area contributed by atoms with Crippen LogP contribution < -0.4 is 24.5 Å². The van der Waals surface area contributed by atoms with Gasteiger partial charge in [-0.05, 0) is 75.1 Å². The van der Waals surface area contributed by atoms with E-state index in [0.717, 1.165) is 24.2 Å². The van der Waals surface area contributed by atoms with Crippen LogP contribution in [0, 0.1) is 0 Å². The molecule has 0 radical (unpaired) electrons. The van der Waals surface area contributed by atoms with Crippen LogP contribution in [-0.2, 0) is 9.53 Å². The maximum absolute atomic E-state index is 13.8. The summed E-state index contributed by atoms with van der Waals surface area (Å²) in [6.45, 7) is 7.58. The standard InChI is InChI=1S/C29H31N3O4S/c1-18(2)36-28(34)25-19(3)30-29-32(26(25)21-9-13-23(35-4)14-10-21)27(33)24(37-29)17-20-7-11-22(12-8-20)31-15-5-6-16-31/h7-14,17-18,26H,5-6,15-16H2,1-4H3/b24-17+/t26-/m1/s1. The molecule has 37 heavy (non-hydrogen) atoms. The third-order valence-corrected chi connectivity index (χ3v) is 7.66. The maximum Gasteiger partial charge on any atom is 0.338 e. The van der Waals surface area contributed by atoms with E-state index >= 15 is 0 Å². The summed E-state index contributed by atoms with van der Waals surface area (Å²) in [5, 5.41) is 0. The minimum Gasteiger partial charge on any atom is -0.497 e. The van der Waals surface area contributed by atoms with E-state index in [9.17, 15) is 9.59 Å². The van der Waals surface area contributed by atoms with Gasteiger partial charge in [0.05, 0.1) is 35.1 Å². The number of carbonyl (C=O) groups excluding carboxylic acids is 1. The van der Waals surface area contributed by atoms with Crippen molar-refractivity contribution >= 4 is 29.1 Å². The zero-order valence-corrected chi connectivity index (χ0v) is 22.4. The lowest BCUT2D eigenvalue weighted by Gasteiger charge is -2.25. The zero-order valence-electron chi connectivity index (χ0n) is 21.6. The first-order valence-electron chi connectivity index (χ1n) is 12.6. The summed E-state index contributed by atoms with van der Waals surface area (Å²) in [5.41, 5.74) is 3.68. The number of nitrogens with zero attached hydrogens (tertiary/aromatic N) is 3. The Labute approximate surface area is 220 Å². The molecule has 8 heteroatoms. The van der Waals surface area contributed by atoms with Crippen molar-refractivity contribution in [1.29, 1.82) is 0 Å². The van der Waals surface area contributed by atoms with E-state index in [2.05, 4.69) is 22.0 Å². The quantitative estimate of drug-likeness (QED) is 0.465. The average molecular weight is 518 g/mol. The molecule has 1 atom stereocenters. The van der Waals surface area contributed by atoms with Crippen LogP contribution >= 0.6 is 11.3 Å². The maximum atomic E-state index is 13.8. The topological polar surface area (TPSA) is 73.1 Å². The first-order valence-corrected chi connectivity index (χ1v) is 13.4. The molecule has 2 aliphatic heterocycles. The zero-order chi connectivity index (χ0) is 26.1. The Morgan fingerprint density at radius 1 is 1.08 bits per heavy atom. The molecule has 5 rings (SSSR count). The van der Waals surface area contributed by atoms with Crippen molar-refractivity contribution in [3.8, 4) is 5.75 Å². The summed E-state index contributed by atoms with van der Waals surface area (Å²) in [6, 6.07) is 15.1. The summed E-state index contributed by atoms with van der Waals surface area (Å²) >= 11 is 1.33. The number of thiazole rings is 1. The largest absolute Gasteiger partial charge is 0.497 e. The van der Waals surface area contributed by atoms with Crippen molar-refractivity contribution in [3.63, 3.8) is 0 Å². The molecule has 0 saturated carbocycles. The van der Waals surface area contributed by atoms with Crippen LogP contribution in [0.25, 0.3) is 6.08 Å². The highest BCUT2D eigenvalue weighted by Crippen LogP contribution is 2.32. The van der Waals surface area contributed by atoms with Gasteiger partial charge < -0.3 is 14.4 Å². The van der Waals surface area contributed by atoms with Crippen LogP contribution in [-0.4, -0.2) is 36.8 Å². The summed E-state index contributed by atoms with van der Waals surface area (Å²) in [5.74, 6) is 0.226. The molecule has 3 aromatic rings. The number of rotatable bonds is 6. The minimum absolute atomic E-state index is 0.185. The lowest BCUT2D eigenvalue weighted by Crippen LogP contribution is -2.40. The number of methoxy groups -OCH3 is 1. The van der Waals surface area contributed by atoms with Gasteiger partial charge in [-0.15, -0.1) is 0 Å². The van der Waals surface area contributed by atoms with Crippen molar-refractivity contribution < 1.29 is 14.3 Å². The van der Waals surface area contributed by atoms with E-state index in [1.54, 1.807) is 32.4 Å². The molecule has 7 nitrogen and oxygen atoms in total. The second kappa shape index (κ2) is 10.4. The van der Waals surface area contributed by atoms with E-state index in [4.69, 9.17) is 9.47 Å². The summed E-state index contributed by atoms with van der Waals surface area (Å²) in [7, 11) is 1.60. The van der Waals surface area contributed by atoms with E-state index < -0.39 is 12.0 Å². The lowest BCUT2D eigenvalue weighted by atomic mass is 9.96. The molecule has 192 valence electrons. The van der Waals surface area contributed by atoms with Gasteiger partial charge in [0.15, 0.2) is 4.80 Å². The summed E-state index contributed by atoms with van der Waals surface area (Å²) in [6.07, 6.45) is 4.06. The van der Waals surface area contributed by atoms with Crippen molar-refractivity contribution in [2.75, 3.05) is 25.1 Å². The van der Waals surface area contributed by atoms with Gasteiger partial charge in [0, 0.05) is 18.8 Å². The Bertz CT molecular complexity index is 1510. The van der Waals surface area contributed by atoms with Crippen LogP contribution in [0.15, 0.2) is 69.6 Å². The first-order chi connectivity index (χ1) is 17.9. The highest BCUT2D eigenvalue weighted by Gasteiger charge is 2.33. The third-order valence-electron chi connectivity index (χ3n) is 6.68. The van der Waals surface area contributed by atoms with Crippen molar-refractivity contribution in [1.82, 2.24) is 4.57 Å². The Morgan fingerprint density at radius 2 is 1.76 bits per heavy atom. The van der Waals surface area contributed by atoms with E-state index in [-0.39, 0.29) is 11.7 Å². The summed E-state index contributed by atoms with van der Waals surface area (Å²) in [4.78, 5) is 34.6. The molecule has 1 fully saturated rings. The van der Waals surface area contributed by atoms with E-state index in [1.807, 2.05) is 42.5 Å². The molecule has 0 amide bonds. The van der Waals surface area contributed by atoms with Gasteiger partial charge in [-0.1, -0.05) is 35.6 Å². The molecule has 1 saturated heterocycles. The average Bonchev–Trinajstić information content (AvgIpc) is 3.52. The molecule has 0 unspecified atom stereocenters. The Morgan fingerprint density at radius 3 is 2.38 bits per heavy atom. The van der Waals surface area contributed by atoms with Crippen molar-refractivity contribution in [2.45, 2.75) is 45.8 Å². The molecule has 3 heterocycles. The van der Waals surface area contributed by atoms with Gasteiger partial charge in [-0.3, -0.25) is 9.36 Å². The first kappa shape index (κ1) is 25.0. The summed E-state index contributed by atoms with van der Waals surface area (Å²) < 4.78 is 13.1. The van der Waals surface area contributed by atoms with E-state index in [1.165, 1.54) is 29.9 Å². The molecule has 2 aliphatic rings. The second-order valence-electron chi connectivity index (χ2n) is 9.59. The Balaban J connectivity index is 1.60. The third kappa shape index (κ3) is 4.98. The molecule has 0 bridgehead atoms. The van der Waals surface area contributed by atoms with Gasteiger partial charge >= 0.3 is 5.97 Å². The smallest absolute Gasteiger partial charge is 0.338 e. The number of carbonyl (C=O) groups is 1. The van der Waals surface area contributed by atoms with Gasteiger partial charge in [0.2, 0.25) is 0 Å². The fraction of sp³-hybridized carbons (Fsp3) is 0.345. The number of esters is 1. The SMILES string of the molecule is COc1ccc([C@@H]2C(C(=O)OC(C)C)=C(C)N=c3s/c(=C/c4ccc(N5CCCC5)cc4)c(=O)n32)cc1. The molecule has 0 spiro atoms. The van der Waals surface area contributed by atoms with Crippen LogP contribution in [0.4, 0.5) is 5.69 Å². The predicted octanol–water partition coefficient (Wildman–Crippen LogP) is 3.80. The van der Waals surface area contributed by atoms with Gasteiger partial charge in [-0.25, -0.2) is 9.79 Å². The highest BCUT2D eigenvalue weighted by atomic mass is 32.1. The fourth-order valence-electron chi connectivity index (χ4n) is 4.87. The Kier molecular flexibility index (Phi) is 7.02. The predicted molar refractivity (Wildman–Crippen MR) is 146 cm³/mol. The molecule has 2 aromatic carbocycles. The number of ether oxygens (including phenoxy) is 2. The number of aromatic nitrogens is 1. The normalized spacial score (nSPS) is 17.7. The van der Waals surface area contributed by atoms with Gasteiger partial charge in [0.25, 0.3) is 5.56 Å². The van der Waals surface area contributed by atoms with E-state index in [0.29, 0.717) is 26.4 Å². The molecule has 0 N–H and O–H groups in total. The fourth-order valence-corrected chi connectivity index (χ4v) is 5.92. The number of anilines is 1. The van der Waals surface area contributed by atoms with Gasteiger partial charge in [-0.2, -0.15) is 0 Å². The lowest BCUT2D eigenvalue weighted by molar-refractivity contribution is -0.143. The van der Waals surface area contributed by atoms with Crippen molar-refractivity contribution in [3.05, 3.63) is 90.6 Å². The van der Waals surface area contributed by atoms with Crippen LogP contribution in [0.5, 0.6) is 5.75 Å². The van der Waals surface area contributed by atoms with Crippen molar-refractivity contribution in [2.24, 2.45) is 4.99 Å². The number of fused-ring (bicyclic) bond motifs is 1. The number of benzene rings is 2.